The summed E-state index contributed by atoms with van der Waals surface area (Å²) in [7, 11) is 1.42. The lowest BCUT2D eigenvalue weighted by Gasteiger charge is -2.08. The van der Waals surface area contributed by atoms with Crippen molar-refractivity contribution in [3.63, 3.8) is 0 Å². The summed E-state index contributed by atoms with van der Waals surface area (Å²) in [6.07, 6.45) is 1.72. The Morgan fingerprint density at radius 1 is 1.08 bits per heavy atom. The first-order chi connectivity index (χ1) is 11.9. The highest BCUT2D eigenvalue weighted by Crippen LogP contribution is 2.27. The molecule has 2 aromatic carbocycles. The maximum absolute atomic E-state index is 13.0. The number of hydrogen-bond acceptors (Lipinski definition) is 4. The normalized spacial score (nSPS) is 10.6. The molecule has 25 heavy (non-hydrogen) atoms. The summed E-state index contributed by atoms with van der Waals surface area (Å²) in [5.41, 5.74) is 0.310. The second kappa shape index (κ2) is 8.25. The van der Waals surface area contributed by atoms with Crippen molar-refractivity contribution < 1.29 is 27.8 Å². The molecule has 0 radical (unpaired) electrons. The standard InChI is InChI=1S/C17H12ClF2NO4/c1-24-15-3-2-10(18)6-14(15)21-16(22)4-5-17(23)25-13-8-11(19)7-12(20)9-13/h2-9H,1H3,(H,21,22)/b5-4+. The number of esters is 1. The first-order valence-corrected chi connectivity index (χ1v) is 7.25. The van der Waals surface area contributed by atoms with Crippen molar-refractivity contribution in [2.45, 2.75) is 0 Å². The summed E-state index contributed by atoms with van der Waals surface area (Å²) in [6.45, 7) is 0. The fourth-order valence-corrected chi connectivity index (χ4v) is 2.01. The SMILES string of the molecule is COc1ccc(Cl)cc1NC(=O)/C=C/C(=O)Oc1cc(F)cc(F)c1. The molecule has 1 amide bonds. The fourth-order valence-electron chi connectivity index (χ4n) is 1.83. The lowest BCUT2D eigenvalue weighted by Crippen LogP contribution is -2.11. The molecule has 0 aliphatic rings. The molecule has 0 aliphatic heterocycles. The van der Waals surface area contributed by atoms with Crippen molar-refractivity contribution in [3.8, 4) is 11.5 Å². The molecule has 0 unspecified atom stereocenters. The molecule has 0 saturated carbocycles. The molecule has 0 aromatic heterocycles. The fraction of sp³-hybridized carbons (Fsp3) is 0.0588. The van der Waals surface area contributed by atoms with E-state index in [-0.39, 0.29) is 5.75 Å². The van der Waals surface area contributed by atoms with Gasteiger partial charge in [-0.15, -0.1) is 0 Å². The maximum Gasteiger partial charge on any atom is 0.336 e. The van der Waals surface area contributed by atoms with E-state index >= 15 is 0 Å². The molecule has 0 heterocycles. The van der Waals surface area contributed by atoms with Gasteiger partial charge in [-0.3, -0.25) is 4.79 Å². The summed E-state index contributed by atoms with van der Waals surface area (Å²) in [5, 5.41) is 2.86. The molecule has 130 valence electrons. The minimum Gasteiger partial charge on any atom is -0.495 e. The Morgan fingerprint density at radius 3 is 2.40 bits per heavy atom. The van der Waals surface area contributed by atoms with Crippen LogP contribution < -0.4 is 14.8 Å². The van der Waals surface area contributed by atoms with Crippen LogP contribution in [0.15, 0.2) is 48.6 Å². The van der Waals surface area contributed by atoms with Gasteiger partial charge in [0.2, 0.25) is 5.91 Å². The predicted octanol–water partition coefficient (Wildman–Crippen LogP) is 3.73. The third-order valence-electron chi connectivity index (χ3n) is 2.84. The van der Waals surface area contributed by atoms with Crippen LogP contribution in [0.2, 0.25) is 5.02 Å². The number of halogens is 3. The highest BCUT2D eigenvalue weighted by molar-refractivity contribution is 6.31. The van der Waals surface area contributed by atoms with Crippen LogP contribution in [0.4, 0.5) is 14.5 Å². The lowest BCUT2D eigenvalue weighted by molar-refractivity contribution is -0.129. The lowest BCUT2D eigenvalue weighted by atomic mass is 10.3. The van der Waals surface area contributed by atoms with Gasteiger partial charge in [0.05, 0.1) is 12.8 Å². The van der Waals surface area contributed by atoms with Gasteiger partial charge in [-0.25, -0.2) is 13.6 Å². The molecule has 1 N–H and O–H groups in total. The Bertz CT molecular complexity index is 819. The van der Waals surface area contributed by atoms with E-state index < -0.39 is 23.5 Å². The number of hydrogen-bond donors (Lipinski definition) is 1. The molecule has 2 rings (SSSR count). The number of benzene rings is 2. The maximum atomic E-state index is 13.0. The van der Waals surface area contributed by atoms with E-state index in [0.717, 1.165) is 24.3 Å². The second-order valence-electron chi connectivity index (χ2n) is 4.69. The smallest absolute Gasteiger partial charge is 0.336 e. The topological polar surface area (TPSA) is 64.6 Å². The third kappa shape index (κ3) is 5.58. The Morgan fingerprint density at radius 2 is 1.76 bits per heavy atom. The van der Waals surface area contributed by atoms with Crippen molar-refractivity contribution in [2.75, 3.05) is 12.4 Å². The number of methoxy groups -OCH3 is 1. The van der Waals surface area contributed by atoms with Crippen molar-refractivity contribution in [1.29, 1.82) is 0 Å². The van der Waals surface area contributed by atoms with Crippen LogP contribution >= 0.6 is 11.6 Å². The van der Waals surface area contributed by atoms with Crippen LogP contribution in [0.3, 0.4) is 0 Å². The zero-order valence-electron chi connectivity index (χ0n) is 12.9. The zero-order chi connectivity index (χ0) is 18.4. The number of rotatable bonds is 5. The van der Waals surface area contributed by atoms with Crippen LogP contribution in [-0.2, 0) is 9.59 Å². The van der Waals surface area contributed by atoms with Gasteiger partial charge in [0.15, 0.2) is 0 Å². The Balaban J connectivity index is 2.00. The van der Waals surface area contributed by atoms with E-state index in [1.807, 2.05) is 0 Å². The van der Waals surface area contributed by atoms with E-state index in [1.165, 1.54) is 13.2 Å². The van der Waals surface area contributed by atoms with Crippen molar-refractivity contribution in [2.24, 2.45) is 0 Å². The van der Waals surface area contributed by atoms with Gasteiger partial charge < -0.3 is 14.8 Å². The van der Waals surface area contributed by atoms with E-state index in [2.05, 4.69) is 5.32 Å². The largest absolute Gasteiger partial charge is 0.495 e. The third-order valence-corrected chi connectivity index (χ3v) is 3.08. The summed E-state index contributed by atoms with van der Waals surface area (Å²) in [4.78, 5) is 23.4. The molecular formula is C17H12ClF2NO4. The molecule has 0 atom stereocenters. The van der Waals surface area contributed by atoms with Crippen LogP contribution in [-0.4, -0.2) is 19.0 Å². The molecular weight excluding hydrogens is 356 g/mol. The van der Waals surface area contributed by atoms with E-state index in [1.54, 1.807) is 12.1 Å². The second-order valence-corrected chi connectivity index (χ2v) is 5.13. The van der Waals surface area contributed by atoms with Crippen molar-refractivity contribution >= 4 is 29.2 Å². The number of carbonyl (C=O) groups is 2. The molecule has 5 nitrogen and oxygen atoms in total. The quantitative estimate of drug-likeness (QED) is 0.497. The van der Waals surface area contributed by atoms with E-state index in [4.69, 9.17) is 21.1 Å². The molecule has 0 fully saturated rings. The molecule has 0 spiro atoms. The highest BCUT2D eigenvalue weighted by atomic mass is 35.5. The average molecular weight is 368 g/mol. The number of amides is 1. The summed E-state index contributed by atoms with van der Waals surface area (Å²) in [6, 6.07) is 6.94. The number of nitrogens with one attached hydrogen (secondary N) is 1. The number of carbonyl (C=O) groups excluding carboxylic acids is 2. The van der Waals surface area contributed by atoms with Gasteiger partial charge in [0.25, 0.3) is 0 Å². The molecule has 0 saturated heterocycles. The first kappa shape index (κ1) is 18.4. The van der Waals surface area contributed by atoms with Crippen LogP contribution in [0.1, 0.15) is 0 Å². The van der Waals surface area contributed by atoms with Gasteiger partial charge in [0, 0.05) is 35.4 Å². The molecule has 8 heteroatoms. The van der Waals surface area contributed by atoms with Gasteiger partial charge in [-0.2, -0.15) is 0 Å². The van der Waals surface area contributed by atoms with Crippen LogP contribution in [0.25, 0.3) is 0 Å². The van der Waals surface area contributed by atoms with Crippen LogP contribution in [0, 0.1) is 11.6 Å². The zero-order valence-corrected chi connectivity index (χ0v) is 13.6. The van der Waals surface area contributed by atoms with Gasteiger partial charge in [0.1, 0.15) is 23.1 Å². The summed E-state index contributed by atoms with van der Waals surface area (Å²) >= 11 is 5.84. The van der Waals surface area contributed by atoms with Gasteiger partial charge in [-0.1, -0.05) is 11.6 Å². The Kier molecular flexibility index (Phi) is 6.08. The number of anilines is 1. The Labute approximate surface area is 146 Å². The first-order valence-electron chi connectivity index (χ1n) is 6.88. The predicted molar refractivity (Wildman–Crippen MR) is 87.8 cm³/mol. The minimum atomic E-state index is -0.974. The number of ether oxygens (including phenoxy) is 2. The summed E-state index contributed by atoms with van der Waals surface area (Å²) < 4.78 is 35.8. The van der Waals surface area contributed by atoms with Gasteiger partial charge >= 0.3 is 5.97 Å². The minimum absolute atomic E-state index is 0.310. The highest BCUT2D eigenvalue weighted by Gasteiger charge is 2.08. The monoisotopic (exact) mass is 367 g/mol. The molecule has 0 aliphatic carbocycles. The Hall–Kier alpha value is -2.93. The summed E-state index contributed by atoms with van der Waals surface area (Å²) in [5.74, 6) is -3.34. The van der Waals surface area contributed by atoms with E-state index in [9.17, 15) is 18.4 Å². The van der Waals surface area contributed by atoms with Crippen LogP contribution in [0.5, 0.6) is 11.5 Å². The average Bonchev–Trinajstić information content (AvgIpc) is 2.52. The van der Waals surface area contributed by atoms with Crippen molar-refractivity contribution in [3.05, 3.63) is 65.2 Å². The van der Waals surface area contributed by atoms with Gasteiger partial charge in [-0.05, 0) is 18.2 Å². The molecule has 0 bridgehead atoms. The molecule has 2 aromatic rings. The van der Waals surface area contributed by atoms with E-state index in [0.29, 0.717) is 22.5 Å². The van der Waals surface area contributed by atoms with Crippen molar-refractivity contribution in [1.82, 2.24) is 0 Å².